The predicted octanol–water partition coefficient (Wildman–Crippen LogP) is 2.37. The van der Waals surface area contributed by atoms with Gasteiger partial charge in [-0.2, -0.15) is 4.37 Å². The minimum Gasteiger partial charge on any atom is -0.383 e. The molecule has 0 bridgehead atoms. The van der Waals surface area contributed by atoms with Crippen LogP contribution in [0.25, 0.3) is 0 Å². The first-order valence-corrected chi connectivity index (χ1v) is 6.20. The molecule has 2 N–H and O–H groups in total. The Morgan fingerprint density at radius 1 is 1.35 bits per heavy atom. The van der Waals surface area contributed by atoms with Crippen LogP contribution >= 0.6 is 11.5 Å². The first-order valence-electron chi connectivity index (χ1n) is 5.43. The standard InChI is InChI=1S/C12H16N4S/c1-8-5-4-6-10(14-8)7-16(3)12-9(2)11(13)15-17-12/h4-6H,7H2,1-3H3,(H2,13,15). The van der Waals surface area contributed by atoms with E-state index >= 15 is 0 Å². The van der Waals surface area contributed by atoms with Crippen molar-refractivity contribution in [2.75, 3.05) is 17.7 Å². The van der Waals surface area contributed by atoms with Crippen LogP contribution in [0.5, 0.6) is 0 Å². The van der Waals surface area contributed by atoms with Crippen LogP contribution in [0.2, 0.25) is 0 Å². The van der Waals surface area contributed by atoms with Gasteiger partial charge in [-0.1, -0.05) is 6.07 Å². The topological polar surface area (TPSA) is 55.0 Å². The maximum Gasteiger partial charge on any atom is 0.142 e. The summed E-state index contributed by atoms with van der Waals surface area (Å²) >= 11 is 1.43. The van der Waals surface area contributed by atoms with Gasteiger partial charge >= 0.3 is 0 Å². The van der Waals surface area contributed by atoms with Gasteiger partial charge in [-0.15, -0.1) is 0 Å². The molecular formula is C12H16N4S. The van der Waals surface area contributed by atoms with E-state index in [-0.39, 0.29) is 0 Å². The number of hydrogen-bond donors (Lipinski definition) is 1. The molecule has 0 saturated heterocycles. The fourth-order valence-corrected chi connectivity index (χ4v) is 2.46. The van der Waals surface area contributed by atoms with Crippen LogP contribution in [0.3, 0.4) is 0 Å². The zero-order valence-corrected chi connectivity index (χ0v) is 11.1. The monoisotopic (exact) mass is 248 g/mol. The number of hydrogen-bond acceptors (Lipinski definition) is 5. The van der Waals surface area contributed by atoms with E-state index in [2.05, 4.69) is 14.3 Å². The molecule has 2 rings (SSSR count). The van der Waals surface area contributed by atoms with Gasteiger partial charge in [0.05, 0.1) is 12.2 Å². The highest BCUT2D eigenvalue weighted by Gasteiger charge is 2.11. The summed E-state index contributed by atoms with van der Waals surface area (Å²) in [5.41, 5.74) is 8.89. The number of nitrogens with zero attached hydrogens (tertiary/aromatic N) is 3. The second kappa shape index (κ2) is 4.71. The summed E-state index contributed by atoms with van der Waals surface area (Å²) in [5, 5.41) is 1.10. The second-order valence-electron chi connectivity index (χ2n) is 4.12. The lowest BCUT2D eigenvalue weighted by molar-refractivity contribution is 0.882. The fraction of sp³-hybridized carbons (Fsp3) is 0.333. The van der Waals surface area contributed by atoms with Gasteiger partial charge in [-0.25, -0.2) is 0 Å². The number of nitrogens with two attached hydrogens (primary N) is 1. The molecular weight excluding hydrogens is 232 g/mol. The first kappa shape index (κ1) is 11.9. The molecule has 90 valence electrons. The smallest absolute Gasteiger partial charge is 0.142 e. The van der Waals surface area contributed by atoms with Crippen LogP contribution in [-0.2, 0) is 6.54 Å². The van der Waals surface area contributed by atoms with Crippen LogP contribution in [0.15, 0.2) is 18.2 Å². The average Bonchev–Trinajstić information content (AvgIpc) is 2.60. The van der Waals surface area contributed by atoms with E-state index in [1.807, 2.05) is 39.1 Å². The van der Waals surface area contributed by atoms with Crippen LogP contribution < -0.4 is 10.6 Å². The lowest BCUT2D eigenvalue weighted by Gasteiger charge is -2.17. The molecule has 0 aromatic carbocycles. The molecule has 2 aromatic rings. The third kappa shape index (κ3) is 2.55. The highest BCUT2D eigenvalue weighted by atomic mass is 32.1. The molecule has 0 saturated carbocycles. The summed E-state index contributed by atoms with van der Waals surface area (Å²) in [7, 11) is 2.03. The summed E-state index contributed by atoms with van der Waals surface area (Å²) in [6, 6.07) is 6.06. The summed E-state index contributed by atoms with van der Waals surface area (Å²) < 4.78 is 4.15. The van der Waals surface area contributed by atoms with Crippen LogP contribution in [0.1, 0.15) is 17.0 Å². The van der Waals surface area contributed by atoms with E-state index in [0.717, 1.165) is 28.5 Å². The van der Waals surface area contributed by atoms with Gasteiger partial charge in [0.25, 0.3) is 0 Å². The largest absolute Gasteiger partial charge is 0.383 e. The quantitative estimate of drug-likeness (QED) is 0.906. The summed E-state index contributed by atoms with van der Waals surface area (Å²) in [4.78, 5) is 6.62. The third-order valence-corrected chi connectivity index (χ3v) is 3.71. The number of aromatic nitrogens is 2. The van der Waals surface area contributed by atoms with Gasteiger partial charge in [0.15, 0.2) is 0 Å². The van der Waals surface area contributed by atoms with Crippen LogP contribution in [0, 0.1) is 13.8 Å². The SMILES string of the molecule is Cc1cccc(CN(C)c2snc(N)c2C)n1. The Kier molecular flexibility index (Phi) is 3.28. The third-order valence-electron chi connectivity index (χ3n) is 2.63. The number of rotatable bonds is 3. The Morgan fingerprint density at radius 2 is 2.12 bits per heavy atom. The van der Waals surface area contributed by atoms with Crippen molar-refractivity contribution in [3.05, 3.63) is 35.2 Å². The molecule has 0 fully saturated rings. The van der Waals surface area contributed by atoms with Crippen LogP contribution in [0.4, 0.5) is 10.8 Å². The summed E-state index contributed by atoms with van der Waals surface area (Å²) in [6.07, 6.45) is 0. The molecule has 2 heterocycles. The Balaban J connectivity index is 2.17. The van der Waals surface area contributed by atoms with E-state index in [4.69, 9.17) is 5.73 Å². The van der Waals surface area contributed by atoms with Gasteiger partial charge in [0.2, 0.25) is 0 Å². The molecule has 0 aliphatic rings. The van der Waals surface area contributed by atoms with Crippen molar-refractivity contribution in [3.8, 4) is 0 Å². The van der Waals surface area contributed by atoms with Crippen molar-refractivity contribution in [2.45, 2.75) is 20.4 Å². The normalized spacial score (nSPS) is 10.5. The summed E-state index contributed by atoms with van der Waals surface area (Å²) in [6.45, 7) is 4.76. The van der Waals surface area contributed by atoms with Gasteiger partial charge in [0, 0.05) is 18.3 Å². The van der Waals surface area contributed by atoms with Gasteiger partial charge in [0.1, 0.15) is 10.8 Å². The molecule has 0 radical (unpaired) electrons. The van der Waals surface area contributed by atoms with Gasteiger partial charge in [-0.05, 0) is 37.5 Å². The zero-order valence-electron chi connectivity index (χ0n) is 10.3. The first-order chi connectivity index (χ1) is 8.08. The molecule has 4 nitrogen and oxygen atoms in total. The molecule has 0 amide bonds. The van der Waals surface area contributed by atoms with Crippen molar-refractivity contribution >= 4 is 22.4 Å². The Morgan fingerprint density at radius 3 is 2.71 bits per heavy atom. The Labute approximate surface area is 105 Å². The van der Waals surface area contributed by atoms with E-state index < -0.39 is 0 Å². The molecule has 0 aliphatic carbocycles. The van der Waals surface area contributed by atoms with E-state index in [1.165, 1.54) is 11.5 Å². The van der Waals surface area contributed by atoms with Gasteiger partial charge in [-0.3, -0.25) is 4.98 Å². The number of aryl methyl sites for hydroxylation is 1. The molecule has 0 spiro atoms. The van der Waals surface area contributed by atoms with E-state index in [1.54, 1.807) is 0 Å². The highest BCUT2D eigenvalue weighted by Crippen LogP contribution is 2.29. The lowest BCUT2D eigenvalue weighted by Crippen LogP contribution is -2.17. The van der Waals surface area contributed by atoms with E-state index in [9.17, 15) is 0 Å². The maximum absolute atomic E-state index is 5.75. The number of pyridine rings is 1. The van der Waals surface area contributed by atoms with Crippen molar-refractivity contribution in [1.29, 1.82) is 0 Å². The average molecular weight is 248 g/mol. The minimum atomic E-state index is 0.619. The zero-order chi connectivity index (χ0) is 12.4. The van der Waals surface area contributed by atoms with Crippen molar-refractivity contribution in [3.63, 3.8) is 0 Å². The summed E-state index contributed by atoms with van der Waals surface area (Å²) in [5.74, 6) is 0.619. The van der Waals surface area contributed by atoms with Crippen molar-refractivity contribution < 1.29 is 0 Å². The molecule has 0 unspecified atom stereocenters. The van der Waals surface area contributed by atoms with Gasteiger partial charge < -0.3 is 10.6 Å². The number of nitrogen functional groups attached to an aromatic ring is 1. The second-order valence-corrected chi connectivity index (χ2v) is 4.88. The molecule has 2 aromatic heterocycles. The molecule has 0 aliphatic heterocycles. The lowest BCUT2D eigenvalue weighted by atomic mass is 10.3. The molecule has 5 heteroatoms. The molecule has 17 heavy (non-hydrogen) atoms. The van der Waals surface area contributed by atoms with Crippen molar-refractivity contribution in [2.24, 2.45) is 0 Å². The Hall–Kier alpha value is -1.62. The number of anilines is 2. The van der Waals surface area contributed by atoms with Crippen molar-refractivity contribution in [1.82, 2.24) is 9.36 Å². The molecule has 0 atom stereocenters. The maximum atomic E-state index is 5.75. The predicted molar refractivity (Wildman–Crippen MR) is 72.3 cm³/mol. The van der Waals surface area contributed by atoms with Crippen LogP contribution in [-0.4, -0.2) is 16.4 Å². The minimum absolute atomic E-state index is 0.619. The van der Waals surface area contributed by atoms with E-state index in [0.29, 0.717) is 5.82 Å². The fourth-order valence-electron chi connectivity index (χ4n) is 1.70. The Bertz CT molecular complexity index is 521. The highest BCUT2D eigenvalue weighted by molar-refractivity contribution is 7.10.